The molecule has 3 rings (SSSR count). The van der Waals surface area contributed by atoms with Crippen molar-refractivity contribution in [3.63, 3.8) is 0 Å². The minimum atomic E-state index is 0.836. The zero-order valence-electron chi connectivity index (χ0n) is 10.6. The van der Waals surface area contributed by atoms with Crippen LogP contribution in [0.25, 0.3) is 11.0 Å². The summed E-state index contributed by atoms with van der Waals surface area (Å²) in [6.45, 7) is 0.836. The molecule has 0 radical (unpaired) electrons. The van der Waals surface area contributed by atoms with E-state index in [9.17, 15) is 0 Å². The summed E-state index contributed by atoms with van der Waals surface area (Å²) in [6, 6.07) is 12.1. The standard InChI is InChI=1S/C14H14N4S/c1-15-8-10-6-7-13(16-9-10)19-14-17-11-4-2-3-5-12(11)18-14/h2-7,9,15H,8H2,1H3,(H,17,18). The van der Waals surface area contributed by atoms with Gasteiger partial charge < -0.3 is 10.3 Å². The molecule has 19 heavy (non-hydrogen) atoms. The minimum absolute atomic E-state index is 0.836. The van der Waals surface area contributed by atoms with Crippen molar-refractivity contribution in [2.24, 2.45) is 0 Å². The highest BCUT2D eigenvalue weighted by molar-refractivity contribution is 7.99. The van der Waals surface area contributed by atoms with E-state index >= 15 is 0 Å². The number of nitrogens with one attached hydrogen (secondary N) is 2. The van der Waals surface area contributed by atoms with Crippen LogP contribution in [0.15, 0.2) is 52.8 Å². The number of fused-ring (bicyclic) bond motifs is 1. The second-order valence-electron chi connectivity index (χ2n) is 4.20. The monoisotopic (exact) mass is 270 g/mol. The zero-order valence-corrected chi connectivity index (χ0v) is 11.4. The average Bonchev–Trinajstić information content (AvgIpc) is 2.83. The van der Waals surface area contributed by atoms with Crippen LogP contribution in [0.5, 0.6) is 0 Å². The van der Waals surface area contributed by atoms with E-state index in [1.165, 1.54) is 5.56 Å². The smallest absolute Gasteiger partial charge is 0.172 e. The van der Waals surface area contributed by atoms with Gasteiger partial charge in [-0.2, -0.15) is 0 Å². The Morgan fingerprint density at radius 2 is 2.11 bits per heavy atom. The number of pyridine rings is 1. The molecule has 0 saturated carbocycles. The highest BCUT2D eigenvalue weighted by Gasteiger charge is 2.05. The van der Waals surface area contributed by atoms with E-state index in [-0.39, 0.29) is 0 Å². The van der Waals surface area contributed by atoms with Crippen LogP contribution in [-0.4, -0.2) is 22.0 Å². The second-order valence-corrected chi connectivity index (χ2v) is 5.21. The summed E-state index contributed by atoms with van der Waals surface area (Å²) in [7, 11) is 1.93. The molecule has 5 heteroatoms. The lowest BCUT2D eigenvalue weighted by Crippen LogP contribution is -2.05. The SMILES string of the molecule is CNCc1ccc(Sc2nc3ccccc3[nH]2)nc1. The Hall–Kier alpha value is -1.85. The van der Waals surface area contributed by atoms with Gasteiger partial charge in [0.05, 0.1) is 11.0 Å². The van der Waals surface area contributed by atoms with Gasteiger partial charge in [-0.1, -0.05) is 18.2 Å². The fourth-order valence-electron chi connectivity index (χ4n) is 1.86. The van der Waals surface area contributed by atoms with E-state index in [4.69, 9.17) is 0 Å². The Morgan fingerprint density at radius 1 is 1.21 bits per heavy atom. The van der Waals surface area contributed by atoms with Crippen LogP contribution in [0.4, 0.5) is 0 Å². The number of H-pyrrole nitrogens is 1. The molecule has 3 aromatic rings. The number of hydrogen-bond acceptors (Lipinski definition) is 4. The maximum atomic E-state index is 4.52. The first-order valence-electron chi connectivity index (χ1n) is 6.07. The number of aromatic nitrogens is 3. The lowest BCUT2D eigenvalue weighted by Gasteiger charge is -2.00. The molecule has 2 N–H and O–H groups in total. The van der Waals surface area contributed by atoms with Gasteiger partial charge in [-0.3, -0.25) is 0 Å². The summed E-state index contributed by atoms with van der Waals surface area (Å²) in [5.41, 5.74) is 3.21. The number of aromatic amines is 1. The van der Waals surface area contributed by atoms with E-state index in [0.717, 1.165) is 27.8 Å². The Kier molecular flexibility index (Phi) is 3.48. The molecule has 2 heterocycles. The third-order valence-corrected chi connectivity index (χ3v) is 3.58. The normalized spacial score (nSPS) is 11.0. The fourth-order valence-corrected chi connectivity index (χ4v) is 2.60. The van der Waals surface area contributed by atoms with Gasteiger partial charge in [-0.15, -0.1) is 0 Å². The maximum absolute atomic E-state index is 4.52. The zero-order chi connectivity index (χ0) is 13.1. The Morgan fingerprint density at radius 3 is 2.84 bits per heavy atom. The molecule has 0 fully saturated rings. The highest BCUT2D eigenvalue weighted by atomic mass is 32.2. The molecular formula is C14H14N4S. The summed E-state index contributed by atoms with van der Waals surface area (Å²) in [5.74, 6) is 0. The van der Waals surface area contributed by atoms with Crippen LogP contribution >= 0.6 is 11.8 Å². The van der Waals surface area contributed by atoms with Gasteiger partial charge in [0.15, 0.2) is 5.16 Å². The molecule has 0 spiro atoms. The van der Waals surface area contributed by atoms with Gasteiger partial charge in [-0.05, 0) is 42.6 Å². The molecule has 0 amide bonds. The molecular weight excluding hydrogens is 256 g/mol. The fraction of sp³-hybridized carbons (Fsp3) is 0.143. The first kappa shape index (κ1) is 12.2. The van der Waals surface area contributed by atoms with E-state index in [0.29, 0.717) is 0 Å². The van der Waals surface area contributed by atoms with E-state index in [1.54, 1.807) is 11.8 Å². The number of para-hydroxylation sites is 2. The lowest BCUT2D eigenvalue weighted by molar-refractivity contribution is 0.809. The van der Waals surface area contributed by atoms with Crippen molar-refractivity contribution in [1.82, 2.24) is 20.3 Å². The topological polar surface area (TPSA) is 53.6 Å². The largest absolute Gasteiger partial charge is 0.333 e. The van der Waals surface area contributed by atoms with Crippen LogP contribution in [0.2, 0.25) is 0 Å². The van der Waals surface area contributed by atoms with Gasteiger partial charge in [0.25, 0.3) is 0 Å². The van der Waals surface area contributed by atoms with Crippen molar-refractivity contribution in [2.45, 2.75) is 16.7 Å². The van der Waals surface area contributed by atoms with Crippen molar-refractivity contribution < 1.29 is 0 Å². The maximum Gasteiger partial charge on any atom is 0.172 e. The predicted molar refractivity (Wildman–Crippen MR) is 77.2 cm³/mol. The molecule has 0 aliphatic heterocycles. The molecule has 0 bridgehead atoms. The van der Waals surface area contributed by atoms with Crippen LogP contribution in [0.1, 0.15) is 5.56 Å². The van der Waals surface area contributed by atoms with Crippen LogP contribution in [0.3, 0.4) is 0 Å². The summed E-state index contributed by atoms with van der Waals surface area (Å²) >= 11 is 1.54. The third kappa shape index (κ3) is 2.77. The van der Waals surface area contributed by atoms with E-state index in [1.807, 2.05) is 43.6 Å². The molecule has 1 aromatic carbocycles. The first-order valence-corrected chi connectivity index (χ1v) is 6.89. The second kappa shape index (κ2) is 5.42. The quantitative estimate of drug-likeness (QED) is 0.765. The molecule has 0 unspecified atom stereocenters. The Balaban J connectivity index is 1.80. The number of imidazole rings is 1. The summed E-state index contributed by atoms with van der Waals surface area (Å²) in [5, 5.41) is 4.92. The average molecular weight is 270 g/mol. The molecule has 0 saturated heterocycles. The highest BCUT2D eigenvalue weighted by Crippen LogP contribution is 2.25. The number of hydrogen-bond donors (Lipinski definition) is 2. The van der Waals surface area contributed by atoms with Crippen LogP contribution in [0, 0.1) is 0 Å². The van der Waals surface area contributed by atoms with Crippen molar-refractivity contribution in [3.05, 3.63) is 48.2 Å². The molecule has 96 valence electrons. The van der Waals surface area contributed by atoms with Gasteiger partial charge in [-0.25, -0.2) is 9.97 Å². The molecule has 2 aromatic heterocycles. The summed E-state index contributed by atoms with van der Waals surface area (Å²) in [6.07, 6.45) is 1.89. The predicted octanol–water partition coefficient (Wildman–Crippen LogP) is 2.83. The van der Waals surface area contributed by atoms with Crippen molar-refractivity contribution in [2.75, 3.05) is 7.05 Å². The van der Waals surface area contributed by atoms with Crippen molar-refractivity contribution in [3.8, 4) is 0 Å². The third-order valence-electron chi connectivity index (χ3n) is 2.75. The number of benzene rings is 1. The molecule has 0 aliphatic rings. The molecule has 0 aliphatic carbocycles. The van der Waals surface area contributed by atoms with Gasteiger partial charge in [0.1, 0.15) is 5.03 Å². The summed E-state index contributed by atoms with van der Waals surface area (Å²) < 4.78 is 0. The van der Waals surface area contributed by atoms with Gasteiger partial charge in [0.2, 0.25) is 0 Å². The summed E-state index contributed by atoms with van der Waals surface area (Å²) in [4.78, 5) is 12.2. The van der Waals surface area contributed by atoms with Crippen LogP contribution in [-0.2, 0) is 6.54 Å². The molecule has 0 atom stereocenters. The Labute approximate surface area is 115 Å². The number of rotatable bonds is 4. The van der Waals surface area contributed by atoms with Crippen molar-refractivity contribution in [1.29, 1.82) is 0 Å². The Bertz CT molecular complexity index is 642. The van der Waals surface area contributed by atoms with Gasteiger partial charge in [0, 0.05) is 12.7 Å². The van der Waals surface area contributed by atoms with E-state index < -0.39 is 0 Å². The number of nitrogens with zero attached hydrogens (tertiary/aromatic N) is 2. The lowest BCUT2D eigenvalue weighted by atomic mass is 10.3. The van der Waals surface area contributed by atoms with E-state index in [2.05, 4.69) is 26.3 Å². The minimum Gasteiger partial charge on any atom is -0.333 e. The molecule has 4 nitrogen and oxygen atoms in total. The first-order chi connectivity index (χ1) is 9.35. The van der Waals surface area contributed by atoms with Gasteiger partial charge >= 0.3 is 0 Å². The van der Waals surface area contributed by atoms with Crippen molar-refractivity contribution >= 4 is 22.8 Å². The van der Waals surface area contributed by atoms with Crippen LogP contribution < -0.4 is 5.32 Å².